The van der Waals surface area contributed by atoms with Crippen molar-refractivity contribution in [2.24, 2.45) is 0 Å². The third-order valence-corrected chi connectivity index (χ3v) is 2.59. The van der Waals surface area contributed by atoms with Crippen molar-refractivity contribution in [1.82, 2.24) is 0 Å². The van der Waals surface area contributed by atoms with E-state index in [1.165, 1.54) is 25.1 Å². The van der Waals surface area contributed by atoms with Crippen molar-refractivity contribution < 1.29 is 18.7 Å². The normalized spacial score (nSPS) is 10.4. The van der Waals surface area contributed by atoms with Crippen LogP contribution in [0.5, 0.6) is 5.75 Å². The van der Waals surface area contributed by atoms with Crippen molar-refractivity contribution in [2.45, 2.75) is 6.92 Å². The molecule has 0 aliphatic heterocycles. The lowest BCUT2D eigenvalue weighted by Crippen LogP contribution is -1.99. The Hall–Kier alpha value is -2.23. The summed E-state index contributed by atoms with van der Waals surface area (Å²) in [5.74, 6) is -2.05. The predicted octanol–water partition coefficient (Wildman–Crippen LogP) is 3.54. The fraction of sp³-hybridized carbons (Fsp3) is 0.0714. The van der Waals surface area contributed by atoms with Crippen molar-refractivity contribution >= 4 is 5.78 Å². The van der Waals surface area contributed by atoms with Gasteiger partial charge in [0.05, 0.1) is 5.56 Å². The highest BCUT2D eigenvalue weighted by Gasteiger charge is 2.14. The number of halogens is 2. The molecule has 0 fully saturated rings. The molecule has 0 bridgehead atoms. The van der Waals surface area contributed by atoms with Gasteiger partial charge in [-0.2, -0.15) is 0 Å². The summed E-state index contributed by atoms with van der Waals surface area (Å²) in [6, 6.07) is 7.66. The number of carbonyl (C=O) groups is 1. The van der Waals surface area contributed by atoms with Crippen molar-refractivity contribution in [3.8, 4) is 16.9 Å². The average Bonchev–Trinajstić information content (AvgIpc) is 2.31. The van der Waals surface area contributed by atoms with Crippen LogP contribution in [-0.4, -0.2) is 10.9 Å². The summed E-state index contributed by atoms with van der Waals surface area (Å²) in [4.78, 5) is 11.1. The van der Waals surface area contributed by atoms with E-state index in [0.717, 1.165) is 12.1 Å². The maximum Gasteiger partial charge on any atom is 0.162 e. The van der Waals surface area contributed by atoms with Crippen LogP contribution in [0.1, 0.15) is 17.3 Å². The number of benzene rings is 2. The molecule has 92 valence electrons. The topological polar surface area (TPSA) is 37.3 Å². The smallest absolute Gasteiger partial charge is 0.162 e. The van der Waals surface area contributed by atoms with Crippen LogP contribution in [0, 0.1) is 11.6 Å². The summed E-state index contributed by atoms with van der Waals surface area (Å²) in [7, 11) is 0. The Labute approximate surface area is 103 Å². The summed E-state index contributed by atoms with van der Waals surface area (Å²) in [6.07, 6.45) is 0. The molecule has 0 saturated carbocycles. The van der Waals surface area contributed by atoms with Crippen LogP contribution in [0.4, 0.5) is 8.78 Å². The highest BCUT2D eigenvalue weighted by molar-refractivity contribution is 5.94. The van der Waals surface area contributed by atoms with E-state index in [-0.39, 0.29) is 16.9 Å². The third-order valence-electron chi connectivity index (χ3n) is 2.59. The highest BCUT2D eigenvalue weighted by Crippen LogP contribution is 2.28. The van der Waals surface area contributed by atoms with Gasteiger partial charge in [-0.25, -0.2) is 8.78 Å². The molecular weight excluding hydrogens is 238 g/mol. The van der Waals surface area contributed by atoms with Crippen LogP contribution in [0.2, 0.25) is 0 Å². The van der Waals surface area contributed by atoms with Gasteiger partial charge >= 0.3 is 0 Å². The van der Waals surface area contributed by atoms with Crippen molar-refractivity contribution in [2.75, 3.05) is 0 Å². The molecule has 4 heteroatoms. The molecule has 2 rings (SSSR count). The zero-order chi connectivity index (χ0) is 13.3. The number of phenolic OH excluding ortho intramolecular Hbond substituents is 1. The Balaban J connectivity index is 2.60. The number of hydrogen-bond donors (Lipinski definition) is 1. The molecule has 1 N–H and O–H groups in total. The number of aromatic hydroxyl groups is 1. The van der Waals surface area contributed by atoms with Crippen molar-refractivity contribution in [3.63, 3.8) is 0 Å². The summed E-state index contributed by atoms with van der Waals surface area (Å²) >= 11 is 0. The van der Waals surface area contributed by atoms with Gasteiger partial charge < -0.3 is 5.11 Å². The Morgan fingerprint density at radius 2 is 1.83 bits per heavy atom. The largest absolute Gasteiger partial charge is 0.508 e. The van der Waals surface area contributed by atoms with Gasteiger partial charge in [-0.05, 0) is 36.8 Å². The third kappa shape index (κ3) is 2.22. The maximum atomic E-state index is 13.8. The maximum absolute atomic E-state index is 13.8. The standard InChI is InChI=1S/C14H10F2O2/c1-8(17)11-6-14(16)12(7-13(11)15)9-3-2-4-10(18)5-9/h2-7,18H,1H3. The lowest BCUT2D eigenvalue weighted by molar-refractivity contribution is 0.101. The lowest BCUT2D eigenvalue weighted by atomic mass is 10.0. The van der Waals surface area contributed by atoms with Crippen LogP contribution >= 0.6 is 0 Å². The minimum absolute atomic E-state index is 0.00778. The monoisotopic (exact) mass is 248 g/mol. The van der Waals surface area contributed by atoms with Gasteiger partial charge in [0.2, 0.25) is 0 Å². The number of carbonyl (C=O) groups excluding carboxylic acids is 1. The van der Waals surface area contributed by atoms with E-state index >= 15 is 0 Å². The van der Waals surface area contributed by atoms with E-state index in [2.05, 4.69) is 0 Å². The van der Waals surface area contributed by atoms with E-state index in [4.69, 9.17) is 0 Å². The van der Waals surface area contributed by atoms with Gasteiger partial charge in [0.15, 0.2) is 5.78 Å². The quantitative estimate of drug-likeness (QED) is 0.825. The van der Waals surface area contributed by atoms with Crippen LogP contribution in [-0.2, 0) is 0 Å². The molecule has 0 radical (unpaired) electrons. The summed E-state index contributed by atoms with van der Waals surface area (Å²) in [6.45, 7) is 1.17. The second-order valence-corrected chi connectivity index (χ2v) is 3.92. The van der Waals surface area contributed by atoms with Crippen molar-refractivity contribution in [3.05, 3.63) is 53.6 Å². The zero-order valence-corrected chi connectivity index (χ0v) is 9.58. The fourth-order valence-corrected chi connectivity index (χ4v) is 1.71. The number of hydrogen-bond acceptors (Lipinski definition) is 2. The number of ketones is 1. The number of rotatable bonds is 2. The molecule has 0 aliphatic rings. The zero-order valence-electron chi connectivity index (χ0n) is 9.58. The molecule has 0 aromatic heterocycles. The Morgan fingerprint density at radius 1 is 1.11 bits per heavy atom. The van der Waals surface area contributed by atoms with Crippen LogP contribution in [0.25, 0.3) is 11.1 Å². The molecule has 0 aliphatic carbocycles. The molecular formula is C14H10F2O2. The van der Waals surface area contributed by atoms with Gasteiger partial charge in [-0.15, -0.1) is 0 Å². The van der Waals surface area contributed by atoms with Crippen molar-refractivity contribution in [1.29, 1.82) is 0 Å². The first-order valence-corrected chi connectivity index (χ1v) is 5.28. The van der Waals surface area contributed by atoms with Gasteiger partial charge in [0.1, 0.15) is 17.4 Å². The minimum atomic E-state index is -0.776. The molecule has 0 spiro atoms. The summed E-state index contributed by atoms with van der Waals surface area (Å²) < 4.78 is 27.4. The Bertz CT molecular complexity index is 621. The number of Topliss-reactive ketones (excluding diaryl/α,β-unsaturated/α-hetero) is 1. The first-order valence-electron chi connectivity index (χ1n) is 5.28. The van der Waals surface area contributed by atoms with E-state index in [1.54, 1.807) is 6.07 Å². The molecule has 2 aromatic rings. The molecule has 0 heterocycles. The molecule has 0 saturated heterocycles. The fourth-order valence-electron chi connectivity index (χ4n) is 1.71. The molecule has 0 atom stereocenters. The van der Waals surface area contributed by atoms with Gasteiger partial charge in [-0.3, -0.25) is 4.79 Å². The second kappa shape index (κ2) is 4.56. The first-order chi connectivity index (χ1) is 8.49. The van der Waals surface area contributed by atoms with Crippen LogP contribution in [0.3, 0.4) is 0 Å². The Morgan fingerprint density at radius 3 is 2.44 bits per heavy atom. The van der Waals surface area contributed by atoms with Crippen LogP contribution in [0.15, 0.2) is 36.4 Å². The SMILES string of the molecule is CC(=O)c1cc(F)c(-c2cccc(O)c2)cc1F. The average molecular weight is 248 g/mol. The van der Waals surface area contributed by atoms with E-state index < -0.39 is 17.4 Å². The van der Waals surface area contributed by atoms with Gasteiger partial charge in [0, 0.05) is 5.56 Å². The molecule has 2 nitrogen and oxygen atoms in total. The number of phenols is 1. The predicted molar refractivity (Wildman–Crippen MR) is 63.5 cm³/mol. The van der Waals surface area contributed by atoms with Crippen LogP contribution < -0.4 is 0 Å². The first kappa shape index (κ1) is 12.2. The Kier molecular flexibility index (Phi) is 3.10. The molecule has 0 amide bonds. The molecule has 0 unspecified atom stereocenters. The van der Waals surface area contributed by atoms with E-state index in [9.17, 15) is 18.7 Å². The highest BCUT2D eigenvalue weighted by atomic mass is 19.1. The van der Waals surface area contributed by atoms with Gasteiger partial charge in [-0.1, -0.05) is 12.1 Å². The van der Waals surface area contributed by atoms with E-state index in [0.29, 0.717) is 5.56 Å². The summed E-state index contributed by atoms with van der Waals surface area (Å²) in [5, 5.41) is 9.31. The van der Waals surface area contributed by atoms with Gasteiger partial charge in [0.25, 0.3) is 0 Å². The molecule has 18 heavy (non-hydrogen) atoms. The minimum Gasteiger partial charge on any atom is -0.508 e. The summed E-state index contributed by atoms with van der Waals surface area (Å²) in [5.41, 5.74) is 0.0753. The second-order valence-electron chi connectivity index (χ2n) is 3.92. The van der Waals surface area contributed by atoms with E-state index in [1.807, 2.05) is 0 Å². The molecule has 2 aromatic carbocycles. The lowest BCUT2D eigenvalue weighted by Gasteiger charge is -2.07.